The van der Waals surface area contributed by atoms with E-state index >= 15 is 0 Å². The summed E-state index contributed by atoms with van der Waals surface area (Å²) < 4.78 is 5.11. The molecule has 1 rings (SSSR count). The summed E-state index contributed by atoms with van der Waals surface area (Å²) >= 11 is 0. The van der Waals surface area contributed by atoms with Gasteiger partial charge in [-0.05, 0) is 23.7 Å². The number of carbonyl (C=O) groups is 1. The van der Waals surface area contributed by atoms with Crippen molar-refractivity contribution in [1.29, 1.82) is 0 Å². The highest BCUT2D eigenvalue weighted by atomic mass is 16.5. The van der Waals surface area contributed by atoms with Crippen LogP contribution in [-0.4, -0.2) is 24.3 Å². The second kappa shape index (κ2) is 4.02. The molecule has 1 aliphatic rings. The molecule has 1 N–H and O–H groups in total. The molecule has 0 radical (unpaired) electrons. The number of hydrogen-bond acceptors (Lipinski definition) is 3. The van der Waals surface area contributed by atoms with E-state index in [9.17, 15) is 4.79 Å². The van der Waals surface area contributed by atoms with Crippen LogP contribution in [0.1, 0.15) is 47.5 Å². The number of aliphatic hydroxyl groups excluding tert-OH is 1. The quantitative estimate of drug-likeness (QED) is 0.751. The van der Waals surface area contributed by atoms with Crippen molar-refractivity contribution in [1.82, 2.24) is 0 Å². The van der Waals surface area contributed by atoms with Crippen molar-refractivity contribution >= 4 is 5.97 Å². The van der Waals surface area contributed by atoms with Crippen LogP contribution in [0.3, 0.4) is 0 Å². The zero-order valence-electron chi connectivity index (χ0n) is 11.1. The van der Waals surface area contributed by atoms with E-state index in [-0.39, 0.29) is 35.4 Å². The molecule has 3 nitrogen and oxygen atoms in total. The fourth-order valence-electron chi connectivity index (χ4n) is 2.61. The van der Waals surface area contributed by atoms with Gasteiger partial charge in [0.25, 0.3) is 0 Å². The van der Waals surface area contributed by atoms with Crippen molar-refractivity contribution in [2.45, 2.75) is 47.5 Å². The fraction of sp³-hybridized carbons (Fsp3) is 0.923. The molecular weight excluding hydrogens is 204 g/mol. The van der Waals surface area contributed by atoms with Crippen LogP contribution >= 0.6 is 0 Å². The Hall–Kier alpha value is -0.570. The van der Waals surface area contributed by atoms with Gasteiger partial charge in [0.2, 0.25) is 0 Å². The maximum Gasteiger partial charge on any atom is 0.312 e. The number of carbonyl (C=O) groups excluding carboxylic acids is 1. The van der Waals surface area contributed by atoms with Gasteiger partial charge in [-0.15, -0.1) is 0 Å². The third-order valence-electron chi connectivity index (χ3n) is 3.46. The van der Waals surface area contributed by atoms with Gasteiger partial charge < -0.3 is 9.84 Å². The maximum absolute atomic E-state index is 12.0. The molecule has 0 aromatic heterocycles. The van der Waals surface area contributed by atoms with Crippen molar-refractivity contribution in [2.24, 2.45) is 16.2 Å². The van der Waals surface area contributed by atoms with Crippen LogP contribution in [-0.2, 0) is 9.53 Å². The van der Waals surface area contributed by atoms with Gasteiger partial charge in [0.15, 0.2) is 0 Å². The Bertz CT molecular complexity index is 275. The van der Waals surface area contributed by atoms with Gasteiger partial charge in [0.05, 0.1) is 12.0 Å². The smallest absolute Gasteiger partial charge is 0.312 e. The van der Waals surface area contributed by atoms with Crippen molar-refractivity contribution in [3.05, 3.63) is 0 Å². The molecule has 0 heterocycles. The number of aliphatic hydroxyl groups is 1. The lowest BCUT2D eigenvalue weighted by Crippen LogP contribution is -2.29. The monoisotopic (exact) mass is 228 g/mol. The molecule has 0 aromatic rings. The number of ether oxygens (including phenoxy) is 1. The number of rotatable bonds is 4. The highest BCUT2D eigenvalue weighted by Gasteiger charge is 2.67. The van der Waals surface area contributed by atoms with Gasteiger partial charge in [0.1, 0.15) is 6.61 Å². The van der Waals surface area contributed by atoms with Crippen molar-refractivity contribution in [3.63, 3.8) is 0 Å². The van der Waals surface area contributed by atoms with Gasteiger partial charge in [-0.2, -0.15) is 0 Å². The molecule has 1 atom stereocenters. The Morgan fingerprint density at radius 2 is 1.88 bits per heavy atom. The van der Waals surface area contributed by atoms with E-state index in [0.29, 0.717) is 0 Å². The van der Waals surface area contributed by atoms with E-state index in [1.807, 2.05) is 0 Å². The molecule has 0 amide bonds. The number of hydrogen-bond donors (Lipinski definition) is 1. The van der Waals surface area contributed by atoms with Crippen LogP contribution in [0.5, 0.6) is 0 Å². The molecule has 1 fully saturated rings. The van der Waals surface area contributed by atoms with Crippen molar-refractivity contribution < 1.29 is 14.6 Å². The normalized spacial score (nSPS) is 27.6. The summed E-state index contributed by atoms with van der Waals surface area (Å²) in [4.78, 5) is 12.0. The Balaban J connectivity index is 2.73. The van der Waals surface area contributed by atoms with Crippen LogP contribution in [0.15, 0.2) is 0 Å². The lowest BCUT2D eigenvalue weighted by atomic mass is 9.79. The van der Waals surface area contributed by atoms with Crippen molar-refractivity contribution in [2.75, 3.05) is 13.2 Å². The zero-order chi connectivity index (χ0) is 12.6. The Labute approximate surface area is 98.2 Å². The van der Waals surface area contributed by atoms with E-state index in [4.69, 9.17) is 9.84 Å². The summed E-state index contributed by atoms with van der Waals surface area (Å²) in [6.07, 6.45) is 1.73. The van der Waals surface area contributed by atoms with E-state index in [0.717, 1.165) is 12.8 Å². The van der Waals surface area contributed by atoms with Crippen LogP contribution in [0.25, 0.3) is 0 Å². The third kappa shape index (κ3) is 2.57. The summed E-state index contributed by atoms with van der Waals surface area (Å²) in [5.74, 6) is -0.138. The molecule has 94 valence electrons. The lowest BCUT2D eigenvalue weighted by molar-refractivity contribution is -0.154. The highest BCUT2D eigenvalue weighted by Crippen LogP contribution is 2.68. The van der Waals surface area contributed by atoms with E-state index in [2.05, 4.69) is 34.6 Å². The van der Waals surface area contributed by atoms with Gasteiger partial charge >= 0.3 is 5.97 Å². The minimum absolute atomic E-state index is 0.0345. The van der Waals surface area contributed by atoms with Crippen LogP contribution in [0.2, 0.25) is 0 Å². The lowest BCUT2D eigenvalue weighted by Gasteiger charge is -2.27. The topological polar surface area (TPSA) is 46.5 Å². The molecule has 0 saturated heterocycles. The zero-order valence-corrected chi connectivity index (χ0v) is 11.1. The molecule has 0 aliphatic heterocycles. The SMILES string of the molecule is CC(C)(C)CC1(C(=O)OCCO)CC1(C)C. The Morgan fingerprint density at radius 3 is 2.19 bits per heavy atom. The maximum atomic E-state index is 12.0. The standard InChI is InChI=1S/C13H24O3/c1-11(2,3)8-13(9-12(13,4)5)10(15)16-7-6-14/h14H,6-9H2,1-5H3. The van der Waals surface area contributed by atoms with Gasteiger partial charge in [-0.3, -0.25) is 4.79 Å². The largest absolute Gasteiger partial charge is 0.463 e. The Morgan fingerprint density at radius 1 is 1.38 bits per heavy atom. The summed E-state index contributed by atoms with van der Waals surface area (Å²) in [5, 5.41) is 8.69. The van der Waals surface area contributed by atoms with Gasteiger partial charge in [-0.25, -0.2) is 0 Å². The van der Waals surface area contributed by atoms with E-state index in [1.165, 1.54) is 0 Å². The van der Waals surface area contributed by atoms with E-state index in [1.54, 1.807) is 0 Å². The summed E-state index contributed by atoms with van der Waals surface area (Å²) in [7, 11) is 0. The highest BCUT2D eigenvalue weighted by molar-refractivity contribution is 5.81. The average molecular weight is 228 g/mol. The van der Waals surface area contributed by atoms with Crippen LogP contribution in [0.4, 0.5) is 0 Å². The predicted molar refractivity (Wildman–Crippen MR) is 62.9 cm³/mol. The molecule has 0 aromatic carbocycles. The molecule has 16 heavy (non-hydrogen) atoms. The first-order valence-corrected chi connectivity index (χ1v) is 5.93. The summed E-state index contributed by atoms with van der Waals surface area (Å²) in [6, 6.07) is 0. The van der Waals surface area contributed by atoms with Crippen molar-refractivity contribution in [3.8, 4) is 0 Å². The predicted octanol–water partition coefficient (Wildman–Crippen LogP) is 2.37. The third-order valence-corrected chi connectivity index (χ3v) is 3.46. The second-order valence-corrected chi connectivity index (χ2v) is 6.74. The van der Waals surface area contributed by atoms with Crippen LogP contribution < -0.4 is 0 Å². The summed E-state index contributed by atoms with van der Waals surface area (Å²) in [6.45, 7) is 10.7. The average Bonchev–Trinajstić information content (AvgIpc) is 2.62. The first-order chi connectivity index (χ1) is 7.15. The van der Waals surface area contributed by atoms with Crippen LogP contribution in [0, 0.1) is 16.2 Å². The Kier molecular flexibility index (Phi) is 3.39. The first-order valence-electron chi connectivity index (χ1n) is 5.93. The fourth-order valence-corrected chi connectivity index (χ4v) is 2.61. The van der Waals surface area contributed by atoms with E-state index < -0.39 is 0 Å². The number of esters is 1. The molecular formula is C13H24O3. The van der Waals surface area contributed by atoms with Gasteiger partial charge in [-0.1, -0.05) is 34.6 Å². The minimum atomic E-state index is -0.333. The molecule has 0 bridgehead atoms. The molecule has 0 spiro atoms. The van der Waals surface area contributed by atoms with Gasteiger partial charge in [0, 0.05) is 0 Å². The molecule has 1 aliphatic carbocycles. The minimum Gasteiger partial charge on any atom is -0.463 e. The molecule has 1 unspecified atom stereocenters. The second-order valence-electron chi connectivity index (χ2n) is 6.74. The first kappa shape index (κ1) is 13.5. The summed E-state index contributed by atoms with van der Waals surface area (Å²) in [5.41, 5.74) is -0.181. The molecule has 1 saturated carbocycles. The molecule has 3 heteroatoms.